The maximum absolute atomic E-state index is 11.9. The van der Waals surface area contributed by atoms with E-state index in [1.54, 1.807) is 43.5 Å². The van der Waals surface area contributed by atoms with E-state index in [-0.39, 0.29) is 5.11 Å². The number of methoxy groups -OCH3 is 1. The molecule has 0 saturated carbocycles. The summed E-state index contributed by atoms with van der Waals surface area (Å²) in [5.74, 6) is -0.218. The van der Waals surface area contributed by atoms with Gasteiger partial charge in [0.2, 0.25) is 5.91 Å². The van der Waals surface area contributed by atoms with Gasteiger partial charge in [-0.2, -0.15) is 0 Å². The van der Waals surface area contributed by atoms with Crippen molar-refractivity contribution in [3.8, 4) is 5.75 Å². The molecule has 3 N–H and O–H groups in total. The average molecular weight is 390 g/mol. The first-order valence-corrected chi connectivity index (χ1v) is 8.26. The normalized spacial score (nSPS) is 10.2. The number of para-hydroxylation sites is 1. The minimum atomic E-state index is -0.450. The van der Waals surface area contributed by atoms with Crippen LogP contribution >= 0.6 is 23.8 Å². The number of halogens is 1. The van der Waals surface area contributed by atoms with Gasteiger partial charge in [-0.25, -0.2) is 0 Å². The van der Waals surface area contributed by atoms with Crippen molar-refractivity contribution in [1.82, 2.24) is 16.2 Å². The Kier molecular flexibility index (Phi) is 7.13. The summed E-state index contributed by atoms with van der Waals surface area (Å²) in [5.41, 5.74) is 5.98. The van der Waals surface area contributed by atoms with Gasteiger partial charge in [-0.05, 0) is 48.6 Å². The first kappa shape index (κ1) is 19.4. The number of carbonyl (C=O) groups is 2. The van der Waals surface area contributed by atoms with Gasteiger partial charge < -0.3 is 4.74 Å². The number of nitrogens with one attached hydrogen (secondary N) is 3. The standard InChI is InChI=1S/C18H16ClN3O3S/c1-25-15-5-3-2-4-12(15)8-11-16(23)20-18(26)22-21-17(24)13-6-9-14(19)10-7-13/h2-11H,1H3,(H,21,24)(H2,20,22,23,26). The molecule has 0 aliphatic heterocycles. The maximum Gasteiger partial charge on any atom is 0.269 e. The second-order valence-corrected chi connectivity index (χ2v) is 5.82. The van der Waals surface area contributed by atoms with Gasteiger partial charge >= 0.3 is 0 Å². The molecule has 134 valence electrons. The monoisotopic (exact) mass is 389 g/mol. The van der Waals surface area contributed by atoms with Crippen LogP contribution in [0.1, 0.15) is 15.9 Å². The molecule has 0 unspecified atom stereocenters. The van der Waals surface area contributed by atoms with E-state index in [1.165, 1.54) is 6.08 Å². The van der Waals surface area contributed by atoms with E-state index in [1.807, 2.05) is 18.2 Å². The highest BCUT2D eigenvalue weighted by molar-refractivity contribution is 7.80. The Labute approximate surface area is 161 Å². The first-order valence-electron chi connectivity index (χ1n) is 7.47. The first-order chi connectivity index (χ1) is 12.5. The number of rotatable bonds is 4. The van der Waals surface area contributed by atoms with Crippen LogP contribution in [0.3, 0.4) is 0 Å². The summed E-state index contributed by atoms with van der Waals surface area (Å²) in [7, 11) is 1.55. The summed E-state index contributed by atoms with van der Waals surface area (Å²) in [6.45, 7) is 0. The van der Waals surface area contributed by atoms with E-state index in [4.69, 9.17) is 28.6 Å². The third-order valence-electron chi connectivity index (χ3n) is 3.19. The fraction of sp³-hybridized carbons (Fsp3) is 0.0556. The lowest BCUT2D eigenvalue weighted by molar-refractivity contribution is -0.115. The molecule has 0 spiro atoms. The van der Waals surface area contributed by atoms with E-state index in [2.05, 4.69) is 16.2 Å². The summed E-state index contributed by atoms with van der Waals surface area (Å²) < 4.78 is 5.20. The Hall–Kier alpha value is -2.90. The Bertz CT molecular complexity index is 838. The molecule has 0 radical (unpaired) electrons. The van der Waals surface area contributed by atoms with Crippen molar-refractivity contribution in [2.75, 3.05) is 7.11 Å². The molecule has 0 atom stereocenters. The topological polar surface area (TPSA) is 79.5 Å². The van der Waals surface area contributed by atoms with Crippen LogP contribution in [0.15, 0.2) is 54.6 Å². The van der Waals surface area contributed by atoms with Gasteiger partial charge in [-0.3, -0.25) is 25.8 Å². The van der Waals surface area contributed by atoms with Crippen LogP contribution in [-0.4, -0.2) is 24.0 Å². The zero-order valence-corrected chi connectivity index (χ0v) is 15.4. The quantitative estimate of drug-likeness (QED) is 0.425. The molecule has 2 amide bonds. The number of hydrogen-bond donors (Lipinski definition) is 3. The second-order valence-electron chi connectivity index (χ2n) is 4.98. The number of thiocarbonyl (C=S) groups is 1. The van der Waals surface area contributed by atoms with Crippen LogP contribution < -0.4 is 20.9 Å². The van der Waals surface area contributed by atoms with Crippen molar-refractivity contribution in [3.05, 3.63) is 70.8 Å². The number of benzene rings is 2. The van der Waals surface area contributed by atoms with Gasteiger partial charge in [0.15, 0.2) is 5.11 Å². The largest absolute Gasteiger partial charge is 0.496 e. The number of ether oxygens (including phenoxy) is 1. The van der Waals surface area contributed by atoms with E-state index in [0.717, 1.165) is 5.56 Å². The average Bonchev–Trinajstić information content (AvgIpc) is 2.65. The highest BCUT2D eigenvalue weighted by Gasteiger charge is 2.06. The summed E-state index contributed by atoms with van der Waals surface area (Å²) in [6, 6.07) is 13.6. The third-order valence-corrected chi connectivity index (χ3v) is 3.64. The Morgan fingerprint density at radius 2 is 1.77 bits per heavy atom. The molecule has 0 bridgehead atoms. The SMILES string of the molecule is COc1ccccc1C=CC(=O)NC(=S)NNC(=O)c1ccc(Cl)cc1. The van der Waals surface area contributed by atoms with Crippen molar-refractivity contribution < 1.29 is 14.3 Å². The molecule has 0 fully saturated rings. The van der Waals surface area contributed by atoms with E-state index < -0.39 is 11.8 Å². The van der Waals surface area contributed by atoms with Crippen LogP contribution in [0.2, 0.25) is 5.02 Å². The lowest BCUT2D eigenvalue weighted by atomic mass is 10.2. The summed E-state index contributed by atoms with van der Waals surface area (Å²) in [5, 5.41) is 2.91. The molecule has 0 aliphatic rings. The van der Waals surface area contributed by atoms with Crippen LogP contribution in [0, 0.1) is 0 Å². The molecule has 0 aliphatic carbocycles. The zero-order valence-electron chi connectivity index (χ0n) is 13.8. The molecule has 0 aromatic heterocycles. The molecule has 8 heteroatoms. The smallest absolute Gasteiger partial charge is 0.269 e. The predicted octanol–water partition coefficient (Wildman–Crippen LogP) is 2.70. The number of carbonyl (C=O) groups excluding carboxylic acids is 2. The van der Waals surface area contributed by atoms with Crippen molar-refractivity contribution in [2.45, 2.75) is 0 Å². The summed E-state index contributed by atoms with van der Waals surface area (Å²) in [4.78, 5) is 23.8. The zero-order chi connectivity index (χ0) is 18.9. The number of hydrazine groups is 1. The summed E-state index contributed by atoms with van der Waals surface area (Å²) >= 11 is 10.7. The minimum Gasteiger partial charge on any atom is -0.496 e. The second kappa shape index (κ2) is 9.55. The highest BCUT2D eigenvalue weighted by atomic mass is 35.5. The molecule has 2 aromatic rings. The molecule has 26 heavy (non-hydrogen) atoms. The van der Waals surface area contributed by atoms with Gasteiger partial charge in [0, 0.05) is 22.2 Å². The third kappa shape index (κ3) is 5.87. The van der Waals surface area contributed by atoms with Crippen LogP contribution in [-0.2, 0) is 4.79 Å². The number of hydrogen-bond acceptors (Lipinski definition) is 4. The minimum absolute atomic E-state index is 0.0398. The molecular weight excluding hydrogens is 374 g/mol. The molecular formula is C18H16ClN3O3S. The fourth-order valence-electron chi connectivity index (χ4n) is 1.94. The number of amides is 2. The molecule has 2 aromatic carbocycles. The lowest BCUT2D eigenvalue weighted by Crippen LogP contribution is -2.48. The van der Waals surface area contributed by atoms with Gasteiger partial charge in [-0.15, -0.1) is 0 Å². The lowest BCUT2D eigenvalue weighted by Gasteiger charge is -2.09. The Morgan fingerprint density at radius 1 is 1.08 bits per heavy atom. The fourth-order valence-corrected chi connectivity index (χ4v) is 2.22. The van der Waals surface area contributed by atoms with Crippen LogP contribution in [0.4, 0.5) is 0 Å². The molecule has 2 rings (SSSR count). The van der Waals surface area contributed by atoms with Gasteiger partial charge in [0.25, 0.3) is 5.91 Å². The van der Waals surface area contributed by atoms with E-state index in [9.17, 15) is 9.59 Å². The van der Waals surface area contributed by atoms with E-state index in [0.29, 0.717) is 16.3 Å². The van der Waals surface area contributed by atoms with E-state index >= 15 is 0 Å². The highest BCUT2D eigenvalue weighted by Crippen LogP contribution is 2.18. The molecule has 0 saturated heterocycles. The van der Waals surface area contributed by atoms with Crippen molar-refractivity contribution in [2.24, 2.45) is 0 Å². The predicted molar refractivity (Wildman–Crippen MR) is 105 cm³/mol. The Morgan fingerprint density at radius 3 is 2.46 bits per heavy atom. The van der Waals surface area contributed by atoms with Crippen molar-refractivity contribution >= 4 is 46.8 Å². The van der Waals surface area contributed by atoms with Gasteiger partial charge in [0.05, 0.1) is 7.11 Å². The summed E-state index contributed by atoms with van der Waals surface area (Å²) in [6.07, 6.45) is 2.91. The van der Waals surface area contributed by atoms with Crippen LogP contribution in [0.5, 0.6) is 5.75 Å². The molecule has 0 heterocycles. The van der Waals surface area contributed by atoms with Crippen molar-refractivity contribution in [3.63, 3.8) is 0 Å². The van der Waals surface area contributed by atoms with Crippen LogP contribution in [0.25, 0.3) is 6.08 Å². The van der Waals surface area contributed by atoms with Crippen molar-refractivity contribution in [1.29, 1.82) is 0 Å². The van der Waals surface area contributed by atoms with Gasteiger partial charge in [0.1, 0.15) is 5.75 Å². The Balaban J connectivity index is 1.83. The van der Waals surface area contributed by atoms with Gasteiger partial charge in [-0.1, -0.05) is 29.8 Å². The maximum atomic E-state index is 11.9. The molecule has 6 nitrogen and oxygen atoms in total.